The van der Waals surface area contributed by atoms with Gasteiger partial charge in [-0.3, -0.25) is 0 Å². The van der Waals surface area contributed by atoms with Gasteiger partial charge in [-0.1, -0.05) is 42.5 Å². The van der Waals surface area contributed by atoms with E-state index in [1.54, 1.807) is 24.3 Å². The molecule has 0 fully saturated rings. The van der Waals surface area contributed by atoms with Crippen molar-refractivity contribution in [3.05, 3.63) is 176 Å². The molecule has 11 rings (SSSR count). The predicted molar refractivity (Wildman–Crippen MR) is 275 cm³/mol. The summed E-state index contributed by atoms with van der Waals surface area (Å²) in [6, 6.07) is 25.3. The Bertz CT molecular complexity index is 3700. The van der Waals surface area contributed by atoms with Crippen LogP contribution in [0.2, 0.25) is 0 Å². The highest BCUT2D eigenvalue weighted by Gasteiger charge is 2.46. The molecule has 0 spiro atoms. The van der Waals surface area contributed by atoms with Gasteiger partial charge in [-0.2, -0.15) is 0 Å². The summed E-state index contributed by atoms with van der Waals surface area (Å²) in [4.78, 5) is 0. The van der Waals surface area contributed by atoms with Crippen LogP contribution in [0, 0.1) is 0 Å². The van der Waals surface area contributed by atoms with Crippen molar-refractivity contribution in [2.24, 2.45) is 0 Å². The van der Waals surface area contributed by atoms with Crippen LogP contribution in [-0.4, -0.2) is 76.6 Å². The molecule has 18 heteroatoms. The van der Waals surface area contributed by atoms with E-state index >= 15 is 0 Å². The predicted octanol–water partition coefficient (Wildman–Crippen LogP) is 10.4. The molecule has 0 radical (unpaired) electrons. The van der Waals surface area contributed by atoms with E-state index in [1.807, 2.05) is 0 Å². The molecule has 3 heterocycles. The van der Waals surface area contributed by atoms with E-state index in [4.69, 9.17) is 14.2 Å². The lowest BCUT2D eigenvalue weighted by Gasteiger charge is -2.40. The van der Waals surface area contributed by atoms with Crippen molar-refractivity contribution in [2.75, 3.05) is 0 Å². The first kappa shape index (κ1) is 49.1. The summed E-state index contributed by atoms with van der Waals surface area (Å²) < 4.78 is 19.9. The molecule has 0 amide bonds. The average Bonchev–Trinajstić information content (AvgIpc) is 3.40. The van der Waals surface area contributed by atoms with Gasteiger partial charge in [0.05, 0.1) is 0 Å². The molecular formula is C59H48O18. The summed E-state index contributed by atoms with van der Waals surface area (Å²) in [6.45, 7) is 0. The smallest absolute Gasteiger partial charge is 0.157 e. The molecule has 77 heavy (non-hydrogen) atoms. The summed E-state index contributed by atoms with van der Waals surface area (Å²) in [5.74, 6) is -10.8. The third-order valence-electron chi connectivity index (χ3n) is 14.6. The molecular weight excluding hydrogens is 997 g/mol. The van der Waals surface area contributed by atoms with Gasteiger partial charge >= 0.3 is 0 Å². The van der Waals surface area contributed by atoms with Crippen molar-refractivity contribution in [3.63, 3.8) is 0 Å². The summed E-state index contributed by atoms with van der Waals surface area (Å²) in [5.41, 5.74) is 1.67. The van der Waals surface area contributed by atoms with Crippen molar-refractivity contribution >= 4 is 12.2 Å². The van der Waals surface area contributed by atoms with Crippen molar-refractivity contribution < 1.29 is 90.8 Å². The van der Waals surface area contributed by atoms with Crippen LogP contribution >= 0.6 is 0 Å². The van der Waals surface area contributed by atoms with E-state index < -0.39 is 111 Å². The average molecular weight is 1050 g/mol. The van der Waals surface area contributed by atoms with E-state index in [9.17, 15) is 76.6 Å². The maximum atomic E-state index is 12.3. The van der Waals surface area contributed by atoms with E-state index in [0.717, 1.165) is 18.2 Å². The second kappa shape index (κ2) is 18.7. The fraction of sp³-hybridized carbons (Fsp3) is 0.153. The molecule has 0 unspecified atom stereocenters. The summed E-state index contributed by atoms with van der Waals surface area (Å²) in [6.07, 6.45) is -0.465. The molecule has 0 saturated heterocycles. The van der Waals surface area contributed by atoms with Crippen LogP contribution in [0.5, 0.6) is 103 Å². The van der Waals surface area contributed by atoms with Crippen molar-refractivity contribution in [1.29, 1.82) is 0 Å². The van der Waals surface area contributed by atoms with Gasteiger partial charge in [0.1, 0.15) is 87.3 Å². The maximum absolute atomic E-state index is 12.3. The Hall–Kier alpha value is -10.1. The first-order valence-electron chi connectivity index (χ1n) is 24.1. The first-order chi connectivity index (χ1) is 36.8. The van der Waals surface area contributed by atoms with Gasteiger partial charge in [-0.05, 0) is 88.5 Å². The quantitative estimate of drug-likeness (QED) is 0.0497. The minimum absolute atomic E-state index is 0.0384. The molecule has 18 nitrogen and oxygen atoms in total. The monoisotopic (exact) mass is 1040 g/mol. The molecule has 0 aromatic heterocycles. The molecule has 0 saturated carbocycles. The van der Waals surface area contributed by atoms with E-state index in [0.29, 0.717) is 16.7 Å². The number of hydrogen-bond acceptors (Lipinski definition) is 18. The molecule has 0 aliphatic carbocycles. The van der Waals surface area contributed by atoms with Gasteiger partial charge in [0.15, 0.2) is 34.5 Å². The zero-order valence-corrected chi connectivity index (χ0v) is 40.1. The molecule has 392 valence electrons. The zero-order chi connectivity index (χ0) is 54.3. The largest absolute Gasteiger partial charge is 0.508 e. The lowest BCUT2D eigenvalue weighted by Crippen LogP contribution is -2.26. The topological polar surface area (TPSA) is 331 Å². The highest BCUT2D eigenvalue weighted by Crippen LogP contribution is 2.64. The Morgan fingerprint density at radius 2 is 0.649 bits per heavy atom. The van der Waals surface area contributed by atoms with Gasteiger partial charge in [0.25, 0.3) is 0 Å². The van der Waals surface area contributed by atoms with Crippen LogP contribution < -0.4 is 14.2 Å². The number of ether oxygens (including phenoxy) is 3. The van der Waals surface area contributed by atoms with Crippen LogP contribution in [0.1, 0.15) is 117 Å². The van der Waals surface area contributed by atoms with Crippen LogP contribution in [0.4, 0.5) is 0 Å². The number of benzene rings is 8. The van der Waals surface area contributed by atoms with Gasteiger partial charge in [0.2, 0.25) is 0 Å². The normalized spacial score (nSPS) is 19.5. The highest BCUT2D eigenvalue weighted by molar-refractivity contribution is 5.74. The molecule has 3 aliphatic rings. The molecule has 6 atom stereocenters. The number of fused-ring (bicyclic) bond motifs is 3. The van der Waals surface area contributed by atoms with Crippen LogP contribution in [0.3, 0.4) is 0 Å². The van der Waals surface area contributed by atoms with Crippen LogP contribution in [0.15, 0.2) is 115 Å². The second-order valence-corrected chi connectivity index (χ2v) is 19.3. The molecule has 8 aromatic rings. The highest BCUT2D eigenvalue weighted by atomic mass is 16.5. The number of hydrogen-bond donors (Lipinski definition) is 15. The van der Waals surface area contributed by atoms with Crippen molar-refractivity contribution in [3.8, 4) is 103 Å². The van der Waals surface area contributed by atoms with Gasteiger partial charge in [-0.15, -0.1) is 0 Å². The third-order valence-corrected chi connectivity index (χ3v) is 14.6. The third kappa shape index (κ3) is 8.70. The van der Waals surface area contributed by atoms with E-state index in [1.165, 1.54) is 84.9 Å². The molecule has 3 aliphatic heterocycles. The number of phenols is 15. The molecule has 15 N–H and O–H groups in total. The number of rotatable bonds is 8. The van der Waals surface area contributed by atoms with Crippen molar-refractivity contribution in [1.82, 2.24) is 0 Å². The van der Waals surface area contributed by atoms with E-state index in [-0.39, 0.29) is 92.5 Å². The Morgan fingerprint density at radius 3 is 1.08 bits per heavy atom. The zero-order valence-electron chi connectivity index (χ0n) is 40.1. The fourth-order valence-electron chi connectivity index (χ4n) is 11.0. The minimum atomic E-state index is -1.28. The Balaban J connectivity index is 1.13. The minimum Gasteiger partial charge on any atom is -0.508 e. The SMILES string of the molecule is Oc1ccc(/C=C/c2cc(O)c([C@@H]3C[C@@H](c4ccc(O)c(O)c4)Oc4c([C@@H]5C[C@@H](c6ccc(O)c(O)c6)Oc6c5c(O)cc(O)c6[C@@H]5C[C@@H](c6ccc(O)c(O)c6)Oc6cc(O)cc(O)c65)c(O)cc(O)c43)c(O)c2)cc1. The maximum Gasteiger partial charge on any atom is 0.157 e. The summed E-state index contributed by atoms with van der Waals surface area (Å²) in [7, 11) is 0. The fourth-order valence-corrected chi connectivity index (χ4v) is 11.0. The standard InChI is InChI=1S/C59H48O18/c60-30-8-3-25(4-9-30)1-2-26-13-41(68)52(42(69)14-26)32-20-49(28-6-11-36(63)39(66)16-28)76-58-54(32)44(71)23-46(73)56(58)34-22-50(29-7-12-37(64)40(67)17-29)77-59-55(45(72)24-47(74)57(34)59)33-21-48(27-5-10-35(62)38(65)15-27)75-51-19-31(61)18-43(70)53(33)51/h1-19,23-24,32-34,48-50,60-74H,20-22H2/b2-1+/t32-,33+,34-,48-,49-,50-/m0/s1. The second-order valence-electron chi connectivity index (χ2n) is 19.3. The van der Waals surface area contributed by atoms with Gasteiger partial charge in [-0.25, -0.2) is 0 Å². The number of phenolic OH excluding ortho intramolecular Hbond substituents is 15. The molecule has 0 bridgehead atoms. The van der Waals surface area contributed by atoms with Crippen LogP contribution in [-0.2, 0) is 0 Å². The van der Waals surface area contributed by atoms with Crippen LogP contribution in [0.25, 0.3) is 12.2 Å². The van der Waals surface area contributed by atoms with E-state index in [2.05, 4.69) is 0 Å². The Labute approximate surface area is 436 Å². The lowest BCUT2D eigenvalue weighted by molar-refractivity contribution is 0.143. The summed E-state index contributed by atoms with van der Waals surface area (Å²) in [5, 5.41) is 168. The Kier molecular flexibility index (Phi) is 11.9. The summed E-state index contributed by atoms with van der Waals surface area (Å²) >= 11 is 0. The first-order valence-corrected chi connectivity index (χ1v) is 24.1. The Morgan fingerprint density at radius 1 is 0.286 bits per heavy atom. The number of aromatic hydroxyl groups is 15. The molecule has 8 aromatic carbocycles. The van der Waals surface area contributed by atoms with Gasteiger partial charge < -0.3 is 90.8 Å². The van der Waals surface area contributed by atoms with Gasteiger partial charge in [0, 0.05) is 94.7 Å². The van der Waals surface area contributed by atoms with Crippen molar-refractivity contribution in [2.45, 2.75) is 55.3 Å². The lowest BCUT2D eigenvalue weighted by atomic mass is 9.74.